The normalized spacial score (nSPS) is 19.0. The highest BCUT2D eigenvalue weighted by Gasteiger charge is 2.34. The highest BCUT2D eigenvalue weighted by molar-refractivity contribution is 7.89. The molecule has 1 aromatic carbocycles. The monoisotopic (exact) mass is 367 g/mol. The lowest BCUT2D eigenvalue weighted by atomic mass is 10.1. The maximum atomic E-state index is 12.7. The summed E-state index contributed by atoms with van der Waals surface area (Å²) in [6.07, 6.45) is 0. The van der Waals surface area contributed by atoms with Gasteiger partial charge in [-0.2, -0.15) is 0 Å². The lowest BCUT2D eigenvalue weighted by molar-refractivity contribution is -0.939. The number of sulfonamides is 1. The van der Waals surface area contributed by atoms with Crippen LogP contribution in [0.3, 0.4) is 0 Å². The van der Waals surface area contributed by atoms with Crippen molar-refractivity contribution >= 4 is 21.4 Å². The van der Waals surface area contributed by atoms with Crippen LogP contribution in [0, 0.1) is 0 Å². The maximum absolute atomic E-state index is 12.7. The molecule has 1 aliphatic rings. The summed E-state index contributed by atoms with van der Waals surface area (Å²) in [7, 11) is -3.52. The molecule has 0 spiro atoms. The van der Waals surface area contributed by atoms with E-state index < -0.39 is 10.0 Å². The Bertz CT molecular complexity index is 726. The molecule has 0 radical (unpaired) electrons. The van der Waals surface area contributed by atoms with Crippen LogP contribution in [0.4, 0.5) is 0 Å². The van der Waals surface area contributed by atoms with Gasteiger partial charge in [-0.25, -0.2) is 13.1 Å². The minimum Gasteiger partial charge on any atom is -0.370 e. The first-order chi connectivity index (χ1) is 11.6. The quantitative estimate of drug-likeness (QED) is 0.803. The average molecular weight is 368 g/mol. The summed E-state index contributed by atoms with van der Waals surface area (Å²) in [6, 6.07) is 12.5. The molecule has 24 heavy (non-hydrogen) atoms. The van der Waals surface area contributed by atoms with E-state index in [4.69, 9.17) is 4.74 Å². The number of rotatable bonds is 6. The van der Waals surface area contributed by atoms with Gasteiger partial charge in [0.05, 0.1) is 29.0 Å². The summed E-state index contributed by atoms with van der Waals surface area (Å²) in [5, 5.41) is 2.04. The first kappa shape index (κ1) is 17.6. The molecule has 1 aromatic heterocycles. The molecular formula is C17H23N2O3S2+. The van der Waals surface area contributed by atoms with Crippen LogP contribution in [0.2, 0.25) is 0 Å². The molecule has 130 valence electrons. The first-order valence-electron chi connectivity index (χ1n) is 8.11. The van der Waals surface area contributed by atoms with E-state index in [0.29, 0.717) is 4.90 Å². The first-order valence-corrected chi connectivity index (χ1v) is 10.5. The Balaban J connectivity index is 1.82. The summed E-state index contributed by atoms with van der Waals surface area (Å²) < 4.78 is 33.7. The van der Waals surface area contributed by atoms with Gasteiger partial charge in [0.15, 0.2) is 0 Å². The summed E-state index contributed by atoms with van der Waals surface area (Å²) in [5.74, 6) is 0. The molecule has 1 fully saturated rings. The molecule has 2 aromatic rings. The number of hydrogen-bond acceptors (Lipinski definition) is 4. The Hall–Kier alpha value is -1.25. The molecule has 2 atom stereocenters. The van der Waals surface area contributed by atoms with Crippen LogP contribution in [-0.4, -0.2) is 40.8 Å². The third kappa shape index (κ3) is 4.04. The number of nitrogens with one attached hydrogen (secondary N) is 2. The summed E-state index contributed by atoms with van der Waals surface area (Å²) in [5.41, 5.74) is 0. The van der Waals surface area contributed by atoms with Gasteiger partial charge in [0.2, 0.25) is 10.0 Å². The van der Waals surface area contributed by atoms with Crippen molar-refractivity contribution in [1.82, 2.24) is 4.72 Å². The van der Waals surface area contributed by atoms with Crippen molar-refractivity contribution in [1.29, 1.82) is 0 Å². The molecule has 0 bridgehead atoms. The number of thiophene rings is 1. The molecule has 1 saturated heterocycles. The van der Waals surface area contributed by atoms with E-state index in [1.165, 1.54) is 9.78 Å². The van der Waals surface area contributed by atoms with Gasteiger partial charge in [-0.3, -0.25) is 0 Å². The zero-order valence-corrected chi connectivity index (χ0v) is 15.3. The molecule has 7 heteroatoms. The van der Waals surface area contributed by atoms with Crippen LogP contribution in [0.1, 0.15) is 17.8 Å². The van der Waals surface area contributed by atoms with Gasteiger partial charge in [-0.05, 0) is 30.5 Å². The fourth-order valence-corrected chi connectivity index (χ4v) is 5.46. The second-order valence-electron chi connectivity index (χ2n) is 5.99. The number of benzene rings is 1. The predicted octanol–water partition coefficient (Wildman–Crippen LogP) is 1.07. The fraction of sp³-hybridized carbons (Fsp3) is 0.412. The van der Waals surface area contributed by atoms with Gasteiger partial charge in [0.25, 0.3) is 0 Å². The minimum absolute atomic E-state index is 0.0902. The van der Waals surface area contributed by atoms with E-state index in [-0.39, 0.29) is 12.1 Å². The molecule has 0 aliphatic carbocycles. The van der Waals surface area contributed by atoms with Crippen molar-refractivity contribution in [2.75, 3.05) is 26.3 Å². The summed E-state index contributed by atoms with van der Waals surface area (Å²) in [6.45, 7) is 5.16. The molecule has 0 saturated carbocycles. The number of ether oxygens (including phenoxy) is 1. The Morgan fingerprint density at radius 2 is 1.83 bits per heavy atom. The summed E-state index contributed by atoms with van der Waals surface area (Å²) >= 11 is 1.68. The van der Waals surface area contributed by atoms with Gasteiger partial charge in [-0.1, -0.05) is 24.3 Å². The minimum atomic E-state index is -3.52. The molecule has 2 heterocycles. The van der Waals surface area contributed by atoms with E-state index in [9.17, 15) is 8.42 Å². The Morgan fingerprint density at radius 3 is 2.46 bits per heavy atom. The molecule has 0 unspecified atom stereocenters. The van der Waals surface area contributed by atoms with E-state index in [2.05, 4.69) is 10.8 Å². The zero-order valence-electron chi connectivity index (χ0n) is 13.6. The van der Waals surface area contributed by atoms with Crippen LogP contribution < -0.4 is 9.62 Å². The Kier molecular flexibility index (Phi) is 5.68. The maximum Gasteiger partial charge on any atom is 0.241 e. The lowest BCUT2D eigenvalue weighted by Gasteiger charge is -2.34. The number of quaternary nitrogens is 1. The standard InChI is InChI=1S/C17H22N2O3S2/c1-14(18-24(20,21)15-6-3-2-4-7-15)17(16-8-5-13-23-16)19-9-11-22-12-10-19/h2-8,13-14,17-18H,9-12H2,1H3/p+1/t14-,17+/m1/s1. The lowest BCUT2D eigenvalue weighted by Crippen LogP contribution is -3.15. The van der Waals surface area contributed by atoms with E-state index in [1.807, 2.05) is 24.4 Å². The van der Waals surface area contributed by atoms with E-state index in [1.54, 1.807) is 35.6 Å². The van der Waals surface area contributed by atoms with Crippen LogP contribution >= 0.6 is 11.3 Å². The smallest absolute Gasteiger partial charge is 0.241 e. The topological polar surface area (TPSA) is 59.8 Å². The van der Waals surface area contributed by atoms with Crippen molar-refractivity contribution in [2.45, 2.75) is 23.9 Å². The number of hydrogen-bond donors (Lipinski definition) is 2. The van der Waals surface area contributed by atoms with E-state index >= 15 is 0 Å². The van der Waals surface area contributed by atoms with Crippen LogP contribution in [0.25, 0.3) is 0 Å². The Morgan fingerprint density at radius 1 is 1.12 bits per heavy atom. The SMILES string of the molecule is C[C@@H](NS(=O)(=O)c1ccccc1)[C@@H](c1cccs1)[NH+]1CCOCC1. The molecule has 1 aliphatic heterocycles. The van der Waals surface area contributed by atoms with Crippen molar-refractivity contribution in [3.8, 4) is 0 Å². The molecule has 0 amide bonds. The van der Waals surface area contributed by atoms with Gasteiger partial charge >= 0.3 is 0 Å². The van der Waals surface area contributed by atoms with Crippen molar-refractivity contribution in [3.05, 3.63) is 52.7 Å². The van der Waals surface area contributed by atoms with E-state index in [0.717, 1.165) is 26.3 Å². The highest BCUT2D eigenvalue weighted by Crippen LogP contribution is 2.21. The fourth-order valence-electron chi connectivity index (χ4n) is 3.19. The molecule has 3 rings (SSSR count). The van der Waals surface area contributed by atoms with Crippen LogP contribution in [-0.2, 0) is 14.8 Å². The summed E-state index contributed by atoms with van der Waals surface area (Å²) in [4.78, 5) is 2.88. The molecule has 2 N–H and O–H groups in total. The van der Waals surface area contributed by atoms with Gasteiger partial charge in [-0.15, -0.1) is 11.3 Å². The Labute approximate surface area is 147 Å². The van der Waals surface area contributed by atoms with Crippen molar-refractivity contribution in [3.63, 3.8) is 0 Å². The zero-order chi connectivity index (χ0) is 17.0. The highest BCUT2D eigenvalue weighted by atomic mass is 32.2. The largest absolute Gasteiger partial charge is 0.370 e. The molecule has 5 nitrogen and oxygen atoms in total. The predicted molar refractivity (Wildman–Crippen MR) is 94.8 cm³/mol. The third-order valence-electron chi connectivity index (χ3n) is 4.32. The van der Waals surface area contributed by atoms with Gasteiger partial charge < -0.3 is 9.64 Å². The van der Waals surface area contributed by atoms with Crippen molar-refractivity contribution < 1.29 is 18.1 Å². The number of morpholine rings is 1. The van der Waals surface area contributed by atoms with Gasteiger partial charge in [0.1, 0.15) is 19.1 Å². The second kappa shape index (κ2) is 7.76. The average Bonchev–Trinajstić information content (AvgIpc) is 3.10. The second-order valence-corrected chi connectivity index (χ2v) is 8.68. The van der Waals surface area contributed by atoms with Crippen molar-refractivity contribution in [2.24, 2.45) is 0 Å². The van der Waals surface area contributed by atoms with Gasteiger partial charge in [0, 0.05) is 0 Å². The third-order valence-corrected chi connectivity index (χ3v) is 6.85. The van der Waals surface area contributed by atoms with Crippen LogP contribution in [0.5, 0.6) is 0 Å². The molecular weight excluding hydrogens is 344 g/mol. The van der Waals surface area contributed by atoms with Crippen LogP contribution in [0.15, 0.2) is 52.7 Å².